The van der Waals surface area contributed by atoms with Crippen LogP contribution in [0.2, 0.25) is 0 Å². The molecule has 1 unspecified atom stereocenters. The van der Waals surface area contributed by atoms with Crippen molar-refractivity contribution in [1.82, 2.24) is 15.0 Å². The third-order valence-corrected chi connectivity index (χ3v) is 7.28. The molecule has 0 aliphatic heterocycles. The molecule has 0 bridgehead atoms. The van der Waals surface area contributed by atoms with Crippen molar-refractivity contribution < 1.29 is 13.2 Å². The highest BCUT2D eigenvalue weighted by Crippen LogP contribution is 2.20. The number of nitrogens with one attached hydrogen (secondary N) is 2. The molecule has 182 valence electrons. The summed E-state index contributed by atoms with van der Waals surface area (Å²) in [7, 11) is -2.24. The minimum absolute atomic E-state index is 0.121. The molecule has 3 aromatic rings. The van der Waals surface area contributed by atoms with Gasteiger partial charge in [0.15, 0.2) is 0 Å². The van der Waals surface area contributed by atoms with Gasteiger partial charge >= 0.3 is 0 Å². The number of nitrogens with two attached hydrogens (primary N) is 2. The fraction of sp³-hybridized carbons (Fsp3) is 0.320. The van der Waals surface area contributed by atoms with Crippen LogP contribution in [0.1, 0.15) is 37.1 Å². The number of benzene rings is 3. The van der Waals surface area contributed by atoms with Crippen molar-refractivity contribution in [2.45, 2.75) is 43.3 Å². The van der Waals surface area contributed by atoms with E-state index in [-0.39, 0.29) is 17.2 Å². The van der Waals surface area contributed by atoms with Crippen molar-refractivity contribution in [3.63, 3.8) is 0 Å². The summed E-state index contributed by atoms with van der Waals surface area (Å²) in [4.78, 5) is 15.0. The van der Waals surface area contributed by atoms with Crippen molar-refractivity contribution >= 4 is 26.7 Å². The molecule has 0 saturated carbocycles. The van der Waals surface area contributed by atoms with Crippen LogP contribution in [0.5, 0.6) is 0 Å². The molecule has 0 spiro atoms. The zero-order valence-corrected chi connectivity index (χ0v) is 20.4. The maximum absolute atomic E-state index is 13.3. The molecule has 0 saturated heterocycles. The lowest BCUT2D eigenvalue weighted by Gasteiger charge is -2.25. The predicted molar refractivity (Wildman–Crippen MR) is 135 cm³/mol. The molecular weight excluding hydrogens is 450 g/mol. The van der Waals surface area contributed by atoms with Crippen LogP contribution in [-0.4, -0.2) is 38.9 Å². The van der Waals surface area contributed by atoms with Crippen LogP contribution in [0.15, 0.2) is 71.6 Å². The van der Waals surface area contributed by atoms with Gasteiger partial charge in [0.25, 0.3) is 0 Å². The van der Waals surface area contributed by atoms with E-state index in [2.05, 4.69) is 10.1 Å². The van der Waals surface area contributed by atoms with Crippen LogP contribution in [0.3, 0.4) is 0 Å². The lowest BCUT2D eigenvalue weighted by atomic mass is 10.0. The Morgan fingerprint density at radius 2 is 1.71 bits per heavy atom. The quantitative estimate of drug-likeness (QED) is 0.188. The van der Waals surface area contributed by atoms with Crippen molar-refractivity contribution in [2.75, 3.05) is 13.6 Å². The third kappa shape index (κ3) is 6.40. The van der Waals surface area contributed by atoms with Crippen molar-refractivity contribution in [3.8, 4) is 0 Å². The van der Waals surface area contributed by atoms with Crippen LogP contribution in [0.25, 0.3) is 10.8 Å². The van der Waals surface area contributed by atoms with Crippen molar-refractivity contribution in [2.24, 2.45) is 11.6 Å². The molecule has 0 fully saturated rings. The van der Waals surface area contributed by atoms with E-state index in [1.165, 1.54) is 0 Å². The Kier molecular flexibility index (Phi) is 8.76. The van der Waals surface area contributed by atoms with Crippen LogP contribution in [0.4, 0.5) is 0 Å². The molecule has 1 amide bonds. The number of hydrogen-bond donors (Lipinski definition) is 4. The highest BCUT2D eigenvalue weighted by molar-refractivity contribution is 7.89. The fourth-order valence-electron chi connectivity index (χ4n) is 3.73. The molecule has 0 aliphatic rings. The molecule has 34 heavy (non-hydrogen) atoms. The number of fused-ring (bicyclic) bond motifs is 1. The largest absolute Gasteiger partial charge is 0.344 e. The number of amides is 1. The number of sulfonamides is 1. The molecule has 0 radical (unpaired) electrons. The highest BCUT2D eigenvalue weighted by Gasteiger charge is 2.28. The maximum Gasteiger partial charge on any atom is 0.241 e. The summed E-state index contributed by atoms with van der Waals surface area (Å²) in [5.41, 5.74) is 9.95. The summed E-state index contributed by atoms with van der Waals surface area (Å²) in [5, 5.41) is 1.76. The zero-order chi connectivity index (χ0) is 24.7. The minimum atomic E-state index is -3.94. The number of unbranched alkanes of at least 4 members (excludes halogenated alkanes) is 1. The molecule has 0 aliphatic carbocycles. The van der Waals surface area contributed by atoms with Gasteiger partial charge in [0.1, 0.15) is 6.04 Å². The van der Waals surface area contributed by atoms with E-state index in [0.29, 0.717) is 6.54 Å². The summed E-state index contributed by atoms with van der Waals surface area (Å²) >= 11 is 0. The number of hydrogen-bond acceptors (Lipinski definition) is 6. The van der Waals surface area contributed by atoms with Crippen molar-refractivity contribution in [1.29, 1.82) is 0 Å². The standard InChI is InChI=1S/C25H33N5O3S/c1-3-4-15-30(2)25(31)23(16-18-9-11-20(12-10-18)24(26)28-27)29-34(32,33)22-14-13-19-7-5-6-8-21(19)17-22/h5-14,17,23-24,28-29H,3-4,15-16,26-27H2,1-2H3/t23-,24?/m0/s1. The first-order chi connectivity index (χ1) is 16.2. The summed E-state index contributed by atoms with van der Waals surface area (Å²) in [5.74, 6) is 5.12. The molecule has 0 heterocycles. The Hall–Kier alpha value is -2.82. The Labute approximate surface area is 201 Å². The van der Waals surface area contributed by atoms with E-state index in [1.54, 1.807) is 42.3 Å². The van der Waals surface area contributed by atoms with Crippen LogP contribution >= 0.6 is 0 Å². The summed E-state index contributed by atoms with van der Waals surface area (Å²) < 4.78 is 29.2. The van der Waals surface area contributed by atoms with Crippen molar-refractivity contribution in [3.05, 3.63) is 77.9 Å². The number of likely N-dealkylation sites (N-methyl/N-ethyl adjacent to an activating group) is 1. The van der Waals surface area contributed by atoms with Gasteiger partial charge in [-0.05, 0) is 46.9 Å². The average molecular weight is 484 g/mol. The number of carbonyl (C=O) groups excluding carboxylic acids is 1. The molecule has 8 nitrogen and oxygen atoms in total. The molecule has 2 atom stereocenters. The number of nitrogens with zero attached hydrogens (tertiary/aromatic N) is 1. The lowest BCUT2D eigenvalue weighted by Crippen LogP contribution is -2.48. The first-order valence-corrected chi connectivity index (χ1v) is 12.8. The molecule has 3 aromatic carbocycles. The third-order valence-electron chi connectivity index (χ3n) is 5.81. The van der Waals surface area contributed by atoms with Gasteiger partial charge in [-0.3, -0.25) is 10.6 Å². The smallest absolute Gasteiger partial charge is 0.241 e. The average Bonchev–Trinajstić information content (AvgIpc) is 2.85. The molecule has 9 heteroatoms. The fourth-order valence-corrected chi connectivity index (χ4v) is 4.96. The summed E-state index contributed by atoms with van der Waals surface area (Å²) in [6.45, 7) is 2.60. The first-order valence-electron chi connectivity index (χ1n) is 11.3. The Balaban J connectivity index is 1.88. The van der Waals surface area contributed by atoms with E-state index < -0.39 is 22.2 Å². The van der Waals surface area contributed by atoms with Gasteiger partial charge in [-0.2, -0.15) is 4.72 Å². The predicted octanol–water partition coefficient (Wildman–Crippen LogP) is 2.41. The first kappa shape index (κ1) is 25.8. The number of rotatable bonds is 11. The molecule has 6 N–H and O–H groups in total. The van der Waals surface area contributed by atoms with E-state index in [1.807, 2.05) is 43.3 Å². The summed E-state index contributed by atoms with van der Waals surface area (Å²) in [6, 6.07) is 18.8. The topological polar surface area (TPSA) is 131 Å². The lowest BCUT2D eigenvalue weighted by molar-refractivity contribution is -0.131. The van der Waals surface area contributed by atoms with Gasteiger partial charge in [-0.25, -0.2) is 13.8 Å². The molecule has 3 rings (SSSR count). The Morgan fingerprint density at radius 1 is 1.03 bits per heavy atom. The van der Waals surface area contributed by atoms with Gasteiger partial charge in [0.05, 0.1) is 11.1 Å². The van der Waals surface area contributed by atoms with E-state index >= 15 is 0 Å². The highest BCUT2D eigenvalue weighted by atomic mass is 32.2. The van der Waals surface area contributed by atoms with E-state index in [9.17, 15) is 13.2 Å². The van der Waals surface area contributed by atoms with Gasteiger partial charge in [-0.15, -0.1) is 0 Å². The zero-order valence-electron chi connectivity index (χ0n) is 19.6. The van der Waals surface area contributed by atoms with Crippen LogP contribution < -0.4 is 21.7 Å². The number of hydrazine groups is 1. The maximum atomic E-state index is 13.3. The summed E-state index contributed by atoms with van der Waals surface area (Å²) in [6.07, 6.45) is 1.46. The monoisotopic (exact) mass is 483 g/mol. The second-order valence-corrected chi connectivity index (χ2v) is 10.1. The normalized spacial score (nSPS) is 13.5. The SMILES string of the molecule is CCCCN(C)C(=O)[C@H](Cc1ccc(C(N)NN)cc1)NS(=O)(=O)c1ccc2ccccc2c1. The minimum Gasteiger partial charge on any atom is -0.344 e. The van der Waals surface area contributed by atoms with E-state index in [4.69, 9.17) is 11.6 Å². The Morgan fingerprint density at radius 3 is 2.35 bits per heavy atom. The van der Waals surface area contributed by atoms with Gasteiger partial charge in [0.2, 0.25) is 15.9 Å². The molecule has 0 aromatic heterocycles. The van der Waals surface area contributed by atoms with Crippen LogP contribution in [0, 0.1) is 0 Å². The second kappa shape index (κ2) is 11.5. The molecular formula is C25H33N5O3S. The van der Waals surface area contributed by atoms with Crippen LogP contribution in [-0.2, 0) is 21.2 Å². The Bertz CT molecular complexity index is 1210. The van der Waals surface area contributed by atoms with E-state index in [0.717, 1.165) is 34.7 Å². The second-order valence-electron chi connectivity index (χ2n) is 8.39. The van der Waals surface area contributed by atoms with Gasteiger partial charge in [0, 0.05) is 13.6 Å². The van der Waals surface area contributed by atoms with Gasteiger partial charge in [-0.1, -0.05) is 67.9 Å². The number of carbonyl (C=O) groups is 1. The van der Waals surface area contributed by atoms with Gasteiger partial charge < -0.3 is 10.6 Å².